The molecule has 0 aliphatic heterocycles. The van der Waals surface area contributed by atoms with Crippen LogP contribution in [0, 0.1) is 40.9 Å². The molecule has 0 saturated heterocycles. The third kappa shape index (κ3) is 0.707. The van der Waals surface area contributed by atoms with E-state index >= 15 is 0 Å². The Balaban J connectivity index is 1.61. The van der Waals surface area contributed by atoms with E-state index in [0.717, 1.165) is 17.3 Å². The molecule has 0 radical (unpaired) electrons. The SMILES string of the molecule is C1=CC2CC3(C1)CC1C4CCC(C4)C1C23. The molecule has 0 nitrogen and oxygen atoms in total. The fourth-order valence-corrected chi connectivity index (χ4v) is 6.69. The molecule has 4 saturated carbocycles. The summed E-state index contributed by atoms with van der Waals surface area (Å²) in [6.07, 6.45) is 14.5. The van der Waals surface area contributed by atoms with Gasteiger partial charge in [0.2, 0.25) is 0 Å². The van der Waals surface area contributed by atoms with Crippen LogP contribution in [0.5, 0.6) is 0 Å². The van der Waals surface area contributed by atoms with Gasteiger partial charge in [0.25, 0.3) is 0 Å². The summed E-state index contributed by atoms with van der Waals surface area (Å²) in [5.74, 6) is 6.88. The van der Waals surface area contributed by atoms with Crippen molar-refractivity contribution in [3.8, 4) is 0 Å². The molecule has 0 aromatic rings. The molecule has 6 aliphatic rings. The Hall–Kier alpha value is -0.260. The normalized spacial score (nSPS) is 67.7. The van der Waals surface area contributed by atoms with Crippen molar-refractivity contribution >= 4 is 0 Å². The third-order valence-electron chi connectivity index (χ3n) is 6.93. The topological polar surface area (TPSA) is 0 Å². The van der Waals surface area contributed by atoms with E-state index in [2.05, 4.69) is 12.2 Å². The van der Waals surface area contributed by atoms with Crippen LogP contribution in [0.2, 0.25) is 0 Å². The molecule has 0 heteroatoms. The first-order valence-electron chi connectivity index (χ1n) is 7.04. The molecule has 1 spiro atoms. The fraction of sp³-hybridized carbons (Fsp3) is 0.867. The lowest BCUT2D eigenvalue weighted by atomic mass is 9.49. The summed E-state index contributed by atoms with van der Waals surface area (Å²) in [6, 6.07) is 0. The summed E-state index contributed by atoms with van der Waals surface area (Å²) in [7, 11) is 0. The number of hydrogen-bond acceptors (Lipinski definition) is 0. The van der Waals surface area contributed by atoms with Crippen molar-refractivity contribution in [2.75, 3.05) is 0 Å². The van der Waals surface area contributed by atoms with Crippen molar-refractivity contribution < 1.29 is 0 Å². The van der Waals surface area contributed by atoms with Crippen LogP contribution in [0.15, 0.2) is 12.2 Å². The van der Waals surface area contributed by atoms with E-state index in [1.165, 1.54) is 30.1 Å². The van der Waals surface area contributed by atoms with Gasteiger partial charge in [-0.25, -0.2) is 0 Å². The summed E-state index contributed by atoms with van der Waals surface area (Å²) < 4.78 is 0. The molecule has 6 aliphatic carbocycles. The molecular weight excluding hydrogens is 180 g/mol. The van der Waals surface area contributed by atoms with Crippen molar-refractivity contribution in [2.24, 2.45) is 40.9 Å². The number of rotatable bonds is 0. The molecule has 7 unspecified atom stereocenters. The molecule has 0 aromatic heterocycles. The lowest BCUT2D eigenvalue weighted by Crippen LogP contribution is -2.48. The average Bonchev–Trinajstić information content (AvgIpc) is 2.86. The molecule has 0 N–H and O–H groups in total. The van der Waals surface area contributed by atoms with Gasteiger partial charge in [0.05, 0.1) is 0 Å². The Morgan fingerprint density at radius 2 is 2.00 bits per heavy atom. The summed E-state index contributed by atoms with van der Waals surface area (Å²) in [6.45, 7) is 0. The summed E-state index contributed by atoms with van der Waals surface area (Å²) in [5.41, 5.74) is 0.843. The largest absolute Gasteiger partial charge is 0.0877 e. The maximum atomic E-state index is 2.57. The fourth-order valence-electron chi connectivity index (χ4n) is 6.69. The highest BCUT2D eigenvalue weighted by molar-refractivity contribution is 5.24. The van der Waals surface area contributed by atoms with Gasteiger partial charge in [0, 0.05) is 0 Å². The highest BCUT2D eigenvalue weighted by Crippen LogP contribution is 2.76. The molecular formula is C15H20. The molecule has 4 fully saturated rings. The van der Waals surface area contributed by atoms with E-state index in [9.17, 15) is 0 Å². The van der Waals surface area contributed by atoms with E-state index < -0.39 is 0 Å². The van der Waals surface area contributed by atoms with Crippen molar-refractivity contribution in [1.82, 2.24) is 0 Å². The molecule has 7 atom stereocenters. The number of allylic oxidation sites excluding steroid dienone is 2. The Morgan fingerprint density at radius 3 is 2.93 bits per heavy atom. The number of fused-ring (bicyclic) bond motifs is 6. The Kier molecular flexibility index (Phi) is 1.17. The number of hydrogen-bond donors (Lipinski definition) is 0. The van der Waals surface area contributed by atoms with Crippen LogP contribution in [0.4, 0.5) is 0 Å². The molecule has 15 heavy (non-hydrogen) atoms. The van der Waals surface area contributed by atoms with Gasteiger partial charge in [-0.1, -0.05) is 12.2 Å². The zero-order valence-corrected chi connectivity index (χ0v) is 9.36. The zero-order valence-electron chi connectivity index (χ0n) is 9.36. The summed E-state index contributed by atoms with van der Waals surface area (Å²) in [5, 5.41) is 0. The van der Waals surface area contributed by atoms with Gasteiger partial charge in [0.1, 0.15) is 0 Å². The second-order valence-corrected chi connectivity index (χ2v) is 7.17. The van der Waals surface area contributed by atoms with Crippen LogP contribution in [0.25, 0.3) is 0 Å². The van der Waals surface area contributed by atoms with Crippen LogP contribution in [-0.2, 0) is 0 Å². The molecule has 6 rings (SSSR count). The lowest BCUT2D eigenvalue weighted by molar-refractivity contribution is -0.0314. The molecule has 4 bridgehead atoms. The van der Waals surface area contributed by atoms with Gasteiger partial charge in [-0.15, -0.1) is 0 Å². The van der Waals surface area contributed by atoms with E-state index in [-0.39, 0.29) is 0 Å². The van der Waals surface area contributed by atoms with Crippen molar-refractivity contribution in [3.05, 3.63) is 12.2 Å². The van der Waals surface area contributed by atoms with Gasteiger partial charge < -0.3 is 0 Å². The lowest BCUT2D eigenvalue weighted by Gasteiger charge is -2.56. The second-order valence-electron chi connectivity index (χ2n) is 7.17. The van der Waals surface area contributed by atoms with E-state index in [4.69, 9.17) is 0 Å². The first kappa shape index (κ1) is 7.92. The molecule has 0 aromatic carbocycles. The van der Waals surface area contributed by atoms with Crippen molar-refractivity contribution in [2.45, 2.75) is 38.5 Å². The molecule has 0 heterocycles. The van der Waals surface area contributed by atoms with Crippen LogP contribution in [-0.4, -0.2) is 0 Å². The zero-order chi connectivity index (χ0) is 9.62. The summed E-state index contributed by atoms with van der Waals surface area (Å²) in [4.78, 5) is 0. The quantitative estimate of drug-likeness (QED) is 0.524. The Labute approximate surface area is 92.1 Å². The van der Waals surface area contributed by atoms with Gasteiger partial charge in [0.15, 0.2) is 0 Å². The van der Waals surface area contributed by atoms with E-state index in [0.29, 0.717) is 0 Å². The minimum atomic E-state index is 0.843. The molecule has 0 amide bonds. The highest BCUT2D eigenvalue weighted by atomic mass is 14.7. The monoisotopic (exact) mass is 200 g/mol. The third-order valence-corrected chi connectivity index (χ3v) is 6.93. The smallest absolute Gasteiger partial charge is 0.0191 e. The predicted molar refractivity (Wildman–Crippen MR) is 60.2 cm³/mol. The minimum Gasteiger partial charge on any atom is -0.0877 e. The maximum absolute atomic E-state index is 2.57. The Morgan fingerprint density at radius 1 is 1.07 bits per heavy atom. The maximum Gasteiger partial charge on any atom is -0.0191 e. The average molecular weight is 200 g/mol. The predicted octanol–water partition coefficient (Wildman–Crippen LogP) is 3.63. The van der Waals surface area contributed by atoms with Crippen LogP contribution in [0.3, 0.4) is 0 Å². The minimum absolute atomic E-state index is 0.843. The van der Waals surface area contributed by atoms with Crippen molar-refractivity contribution in [3.63, 3.8) is 0 Å². The Bertz CT molecular complexity index is 355. The van der Waals surface area contributed by atoms with Gasteiger partial charge in [-0.05, 0) is 79.4 Å². The standard InChI is InChI=1S/C15H20/c1-2-11-7-15(5-1)8-12-9-3-4-10(6-9)13(12)14(11)15/h1-2,9-14H,3-8H2. The second kappa shape index (κ2) is 2.21. The molecule has 80 valence electrons. The van der Waals surface area contributed by atoms with E-state index in [1.54, 1.807) is 32.1 Å². The van der Waals surface area contributed by atoms with Gasteiger partial charge in [-0.2, -0.15) is 0 Å². The first-order valence-corrected chi connectivity index (χ1v) is 7.04. The highest BCUT2D eigenvalue weighted by Gasteiger charge is 2.68. The summed E-state index contributed by atoms with van der Waals surface area (Å²) >= 11 is 0. The van der Waals surface area contributed by atoms with Crippen molar-refractivity contribution in [1.29, 1.82) is 0 Å². The van der Waals surface area contributed by atoms with Crippen LogP contribution in [0.1, 0.15) is 38.5 Å². The first-order chi connectivity index (χ1) is 7.37. The van der Waals surface area contributed by atoms with E-state index in [1.807, 2.05) is 0 Å². The van der Waals surface area contributed by atoms with Crippen LogP contribution < -0.4 is 0 Å². The van der Waals surface area contributed by atoms with Crippen LogP contribution >= 0.6 is 0 Å². The van der Waals surface area contributed by atoms with Gasteiger partial charge >= 0.3 is 0 Å². The van der Waals surface area contributed by atoms with Gasteiger partial charge in [-0.3, -0.25) is 0 Å².